The summed E-state index contributed by atoms with van der Waals surface area (Å²) in [6.07, 6.45) is -2.83. The summed E-state index contributed by atoms with van der Waals surface area (Å²) < 4.78 is 43.0. The van der Waals surface area contributed by atoms with Crippen LogP contribution in [0.2, 0.25) is 0 Å². The van der Waals surface area contributed by atoms with E-state index in [4.69, 9.17) is 4.74 Å². The maximum atomic E-state index is 12.6. The summed E-state index contributed by atoms with van der Waals surface area (Å²) in [4.78, 5) is 4.60. The molecule has 2 nitrogen and oxygen atoms in total. The predicted octanol–water partition coefficient (Wildman–Crippen LogP) is 3.74. The Balaban J connectivity index is 2.16. The number of thiazole rings is 1. The van der Waals surface area contributed by atoms with Crippen LogP contribution in [0.3, 0.4) is 0 Å². The number of alkyl halides is 3. The maximum Gasteiger partial charge on any atom is 0.419 e. The minimum atomic E-state index is -4.40. The summed E-state index contributed by atoms with van der Waals surface area (Å²) in [5.74, 6) is -0.159. The molecule has 0 radical (unpaired) electrons. The fraction of sp³-hybridized carbons (Fsp3) is 0.182. The zero-order valence-electron chi connectivity index (χ0n) is 8.57. The standard InChI is InChI=1S/C11H8F3NOS/c12-11(13,14)9-3-1-2-4-10(9)16-6-8-5-15-7-17-8/h1-5,7H,6H2. The van der Waals surface area contributed by atoms with Crippen molar-refractivity contribution in [3.8, 4) is 5.75 Å². The molecule has 90 valence electrons. The molecule has 1 heterocycles. The molecule has 0 amide bonds. The molecule has 0 aliphatic rings. The molecule has 0 saturated carbocycles. The first-order chi connectivity index (χ1) is 8.07. The summed E-state index contributed by atoms with van der Waals surface area (Å²) in [5.41, 5.74) is 0.846. The lowest BCUT2D eigenvalue weighted by Gasteiger charge is -2.12. The van der Waals surface area contributed by atoms with Crippen LogP contribution in [0.5, 0.6) is 5.75 Å². The summed E-state index contributed by atoms with van der Waals surface area (Å²) >= 11 is 1.34. The summed E-state index contributed by atoms with van der Waals surface area (Å²) in [6, 6.07) is 5.16. The van der Waals surface area contributed by atoms with Gasteiger partial charge in [-0.2, -0.15) is 13.2 Å². The molecule has 2 rings (SSSR count). The van der Waals surface area contributed by atoms with E-state index in [-0.39, 0.29) is 12.4 Å². The van der Waals surface area contributed by atoms with Gasteiger partial charge in [-0.15, -0.1) is 11.3 Å². The molecule has 0 unspecified atom stereocenters. The van der Waals surface area contributed by atoms with Crippen LogP contribution in [0.1, 0.15) is 10.4 Å². The van der Waals surface area contributed by atoms with Crippen LogP contribution in [0.15, 0.2) is 36.0 Å². The number of rotatable bonds is 3. The van der Waals surface area contributed by atoms with Crippen LogP contribution in [0.25, 0.3) is 0 Å². The fourth-order valence-electron chi connectivity index (χ4n) is 1.29. The third-order valence-electron chi connectivity index (χ3n) is 2.05. The van der Waals surface area contributed by atoms with E-state index >= 15 is 0 Å². The van der Waals surface area contributed by atoms with E-state index in [0.29, 0.717) is 0 Å². The number of hydrogen-bond donors (Lipinski definition) is 0. The summed E-state index contributed by atoms with van der Waals surface area (Å²) in [7, 11) is 0. The van der Waals surface area contributed by atoms with Crippen LogP contribution < -0.4 is 4.74 Å². The van der Waals surface area contributed by atoms with Gasteiger partial charge in [0.2, 0.25) is 0 Å². The Morgan fingerprint density at radius 3 is 2.65 bits per heavy atom. The minimum Gasteiger partial charge on any atom is -0.487 e. The first-order valence-corrected chi connectivity index (χ1v) is 5.62. The molecule has 17 heavy (non-hydrogen) atoms. The Kier molecular flexibility index (Phi) is 3.33. The van der Waals surface area contributed by atoms with Crippen molar-refractivity contribution in [3.63, 3.8) is 0 Å². The van der Waals surface area contributed by atoms with Gasteiger partial charge in [0.15, 0.2) is 0 Å². The molecule has 0 bridgehead atoms. The van der Waals surface area contributed by atoms with Crippen molar-refractivity contribution < 1.29 is 17.9 Å². The van der Waals surface area contributed by atoms with Crippen molar-refractivity contribution in [2.45, 2.75) is 12.8 Å². The van der Waals surface area contributed by atoms with Gasteiger partial charge in [0, 0.05) is 6.20 Å². The van der Waals surface area contributed by atoms with E-state index < -0.39 is 11.7 Å². The van der Waals surface area contributed by atoms with E-state index in [0.717, 1.165) is 10.9 Å². The van der Waals surface area contributed by atoms with Gasteiger partial charge >= 0.3 is 6.18 Å². The van der Waals surface area contributed by atoms with Gasteiger partial charge in [0.25, 0.3) is 0 Å². The van der Waals surface area contributed by atoms with Crippen molar-refractivity contribution in [2.24, 2.45) is 0 Å². The highest BCUT2D eigenvalue weighted by Gasteiger charge is 2.33. The zero-order valence-corrected chi connectivity index (χ0v) is 9.39. The van der Waals surface area contributed by atoms with Crippen LogP contribution >= 0.6 is 11.3 Å². The largest absolute Gasteiger partial charge is 0.487 e. The topological polar surface area (TPSA) is 22.1 Å². The number of aromatic nitrogens is 1. The number of para-hydroxylation sites is 1. The van der Waals surface area contributed by atoms with Crippen LogP contribution in [-0.2, 0) is 12.8 Å². The molecule has 0 aliphatic carbocycles. The third-order valence-corrected chi connectivity index (χ3v) is 2.80. The highest BCUT2D eigenvalue weighted by Crippen LogP contribution is 2.36. The maximum absolute atomic E-state index is 12.6. The number of nitrogens with zero attached hydrogens (tertiary/aromatic N) is 1. The van der Waals surface area contributed by atoms with Crippen LogP contribution in [-0.4, -0.2) is 4.98 Å². The highest BCUT2D eigenvalue weighted by atomic mass is 32.1. The molecule has 1 aromatic heterocycles. The lowest BCUT2D eigenvalue weighted by Crippen LogP contribution is -2.08. The van der Waals surface area contributed by atoms with Gasteiger partial charge in [-0.3, -0.25) is 4.98 Å². The number of ether oxygens (including phenoxy) is 1. The van der Waals surface area contributed by atoms with Gasteiger partial charge in [0.1, 0.15) is 12.4 Å². The first-order valence-electron chi connectivity index (χ1n) is 4.74. The molecule has 6 heteroatoms. The van der Waals surface area contributed by atoms with E-state index in [1.54, 1.807) is 11.7 Å². The van der Waals surface area contributed by atoms with E-state index in [1.165, 1.54) is 29.5 Å². The zero-order chi connectivity index (χ0) is 12.3. The highest BCUT2D eigenvalue weighted by molar-refractivity contribution is 7.09. The van der Waals surface area contributed by atoms with Crippen molar-refractivity contribution in [2.75, 3.05) is 0 Å². The smallest absolute Gasteiger partial charge is 0.419 e. The Morgan fingerprint density at radius 1 is 1.24 bits per heavy atom. The van der Waals surface area contributed by atoms with Crippen molar-refractivity contribution in [3.05, 3.63) is 46.4 Å². The fourth-order valence-corrected chi connectivity index (χ4v) is 1.79. The minimum absolute atomic E-state index is 0.0950. The molecule has 0 saturated heterocycles. The lowest BCUT2D eigenvalue weighted by atomic mass is 10.2. The monoisotopic (exact) mass is 259 g/mol. The van der Waals surface area contributed by atoms with Gasteiger partial charge in [-0.05, 0) is 12.1 Å². The van der Waals surface area contributed by atoms with E-state index in [1.807, 2.05) is 0 Å². The Morgan fingerprint density at radius 2 is 2.00 bits per heavy atom. The van der Waals surface area contributed by atoms with Crippen LogP contribution in [0.4, 0.5) is 13.2 Å². The third kappa shape index (κ3) is 2.97. The number of hydrogen-bond acceptors (Lipinski definition) is 3. The first kappa shape index (κ1) is 11.9. The molecule has 2 aromatic rings. The summed E-state index contributed by atoms with van der Waals surface area (Å²) in [5, 5.41) is 0. The van der Waals surface area contributed by atoms with Gasteiger partial charge < -0.3 is 4.74 Å². The summed E-state index contributed by atoms with van der Waals surface area (Å²) in [6.45, 7) is 0.0950. The quantitative estimate of drug-likeness (QED) is 0.837. The van der Waals surface area contributed by atoms with E-state index in [9.17, 15) is 13.2 Å². The van der Waals surface area contributed by atoms with Gasteiger partial charge in [-0.25, -0.2) is 0 Å². The Hall–Kier alpha value is -1.56. The average molecular weight is 259 g/mol. The molecule has 1 aromatic carbocycles. The van der Waals surface area contributed by atoms with E-state index in [2.05, 4.69) is 4.98 Å². The van der Waals surface area contributed by atoms with Crippen LogP contribution in [0, 0.1) is 0 Å². The predicted molar refractivity (Wildman–Crippen MR) is 57.9 cm³/mol. The van der Waals surface area contributed by atoms with Gasteiger partial charge in [0.05, 0.1) is 16.0 Å². The Labute approximate surface area is 99.7 Å². The molecule has 0 N–H and O–H groups in total. The molecule has 0 aliphatic heterocycles. The SMILES string of the molecule is FC(F)(F)c1ccccc1OCc1cncs1. The number of benzene rings is 1. The second kappa shape index (κ2) is 4.75. The molecule has 0 spiro atoms. The van der Waals surface area contributed by atoms with Crippen molar-refractivity contribution in [1.29, 1.82) is 0 Å². The number of halogens is 3. The lowest BCUT2D eigenvalue weighted by molar-refractivity contribution is -0.139. The molecular formula is C11H8F3NOS. The molecule has 0 fully saturated rings. The second-order valence-electron chi connectivity index (χ2n) is 3.25. The normalized spacial score (nSPS) is 11.5. The second-order valence-corrected chi connectivity index (χ2v) is 4.22. The van der Waals surface area contributed by atoms with Crippen molar-refractivity contribution >= 4 is 11.3 Å². The average Bonchev–Trinajstić information content (AvgIpc) is 2.78. The van der Waals surface area contributed by atoms with Gasteiger partial charge in [-0.1, -0.05) is 12.1 Å². The molecule has 0 atom stereocenters. The molecular weight excluding hydrogens is 251 g/mol. The van der Waals surface area contributed by atoms with Crippen molar-refractivity contribution in [1.82, 2.24) is 4.98 Å². The Bertz CT molecular complexity index is 482.